The maximum atomic E-state index is 11.3. The molecule has 0 atom stereocenters. The van der Waals surface area contributed by atoms with Gasteiger partial charge in [-0.15, -0.1) is 0 Å². The topological polar surface area (TPSA) is 107 Å². The van der Waals surface area contributed by atoms with Gasteiger partial charge in [0.2, 0.25) is 10.0 Å². The first-order valence-corrected chi connectivity index (χ1v) is 7.28. The predicted octanol–water partition coefficient (Wildman–Crippen LogP) is 0.507. The molecule has 1 fully saturated rings. The smallest absolute Gasteiger partial charge is 0.238 e. The average Bonchev–Trinajstić information content (AvgIpc) is 2.32. The van der Waals surface area contributed by atoms with Crippen LogP contribution in [0, 0.1) is 0 Å². The summed E-state index contributed by atoms with van der Waals surface area (Å²) in [6.07, 6.45) is 1.75. The van der Waals surface area contributed by atoms with Gasteiger partial charge in [-0.1, -0.05) is 0 Å². The molecule has 2 rings (SSSR count). The number of benzene rings is 1. The molecule has 1 aromatic rings. The predicted molar refractivity (Wildman–Crippen MR) is 69.7 cm³/mol. The zero-order chi connectivity index (χ0) is 13.2. The van der Waals surface area contributed by atoms with Crippen LogP contribution >= 0.6 is 0 Å². The Bertz CT molecular complexity index is 524. The van der Waals surface area contributed by atoms with Gasteiger partial charge in [-0.25, -0.2) is 13.6 Å². The summed E-state index contributed by atoms with van der Waals surface area (Å²) in [7, 11) is -3.70. The molecule has 5 N–H and O–H groups in total. The Labute approximate surface area is 106 Å². The van der Waals surface area contributed by atoms with Crippen LogP contribution in [0.4, 0.5) is 11.4 Å². The van der Waals surface area contributed by atoms with Gasteiger partial charge in [0.05, 0.1) is 16.3 Å². The van der Waals surface area contributed by atoms with E-state index in [1.165, 1.54) is 12.1 Å². The van der Waals surface area contributed by atoms with Crippen LogP contribution in [0.3, 0.4) is 0 Å². The second kappa shape index (κ2) is 5.13. The number of primary sulfonamides is 1. The molecule has 0 amide bonds. The van der Waals surface area contributed by atoms with Gasteiger partial charge in [0, 0.05) is 19.3 Å². The van der Waals surface area contributed by atoms with Gasteiger partial charge in [0.15, 0.2) is 0 Å². The first kappa shape index (κ1) is 13.1. The molecular formula is C11H17N3O3S. The van der Waals surface area contributed by atoms with Crippen LogP contribution in [0.5, 0.6) is 0 Å². The molecule has 18 heavy (non-hydrogen) atoms. The van der Waals surface area contributed by atoms with Crippen molar-refractivity contribution in [3.05, 3.63) is 18.2 Å². The fourth-order valence-corrected chi connectivity index (χ4v) is 2.44. The third-order valence-electron chi connectivity index (χ3n) is 2.93. The van der Waals surface area contributed by atoms with Crippen molar-refractivity contribution in [3.63, 3.8) is 0 Å². The van der Waals surface area contributed by atoms with Crippen LogP contribution in [0.2, 0.25) is 0 Å². The zero-order valence-electron chi connectivity index (χ0n) is 9.93. The molecule has 6 nitrogen and oxygen atoms in total. The number of hydrogen-bond acceptors (Lipinski definition) is 5. The fraction of sp³-hybridized carbons (Fsp3) is 0.455. The van der Waals surface area contributed by atoms with Crippen molar-refractivity contribution in [3.8, 4) is 0 Å². The van der Waals surface area contributed by atoms with Crippen LogP contribution in [-0.2, 0) is 14.8 Å². The molecule has 1 aromatic carbocycles. The van der Waals surface area contributed by atoms with E-state index in [9.17, 15) is 8.42 Å². The van der Waals surface area contributed by atoms with Crippen LogP contribution < -0.4 is 16.2 Å². The maximum absolute atomic E-state index is 11.3. The van der Waals surface area contributed by atoms with Crippen molar-refractivity contribution in [2.45, 2.75) is 23.8 Å². The lowest BCUT2D eigenvalue weighted by molar-refractivity contribution is 0.0904. The normalized spacial score (nSPS) is 17.6. The highest BCUT2D eigenvalue weighted by Gasteiger charge is 2.16. The van der Waals surface area contributed by atoms with Gasteiger partial charge in [0.1, 0.15) is 0 Å². The quantitative estimate of drug-likeness (QED) is 0.694. The largest absolute Gasteiger partial charge is 0.397 e. The Kier molecular flexibility index (Phi) is 3.74. The molecule has 0 aromatic heterocycles. The van der Waals surface area contributed by atoms with Crippen molar-refractivity contribution in [1.82, 2.24) is 0 Å². The summed E-state index contributed by atoms with van der Waals surface area (Å²) in [5, 5.41) is 8.33. The highest BCUT2D eigenvalue weighted by molar-refractivity contribution is 7.89. The third-order valence-corrected chi connectivity index (χ3v) is 3.85. The summed E-state index contributed by atoms with van der Waals surface area (Å²) in [5.41, 5.74) is 6.93. The van der Waals surface area contributed by atoms with E-state index in [0.29, 0.717) is 24.6 Å². The molecule has 1 aliphatic rings. The molecular weight excluding hydrogens is 254 g/mol. The number of nitrogens with one attached hydrogen (secondary N) is 1. The number of nitrogen functional groups attached to an aromatic ring is 1. The van der Waals surface area contributed by atoms with Crippen molar-refractivity contribution in [2.75, 3.05) is 24.3 Å². The Morgan fingerprint density at radius 3 is 2.56 bits per heavy atom. The van der Waals surface area contributed by atoms with E-state index in [4.69, 9.17) is 15.6 Å². The van der Waals surface area contributed by atoms with Gasteiger partial charge < -0.3 is 15.8 Å². The van der Waals surface area contributed by atoms with E-state index >= 15 is 0 Å². The number of nitrogens with two attached hydrogens (primary N) is 2. The molecule has 100 valence electrons. The van der Waals surface area contributed by atoms with E-state index in [1.807, 2.05) is 0 Å². The van der Waals surface area contributed by atoms with E-state index in [2.05, 4.69) is 5.32 Å². The van der Waals surface area contributed by atoms with E-state index < -0.39 is 10.0 Å². The molecule has 0 spiro atoms. The van der Waals surface area contributed by atoms with Gasteiger partial charge in [-0.2, -0.15) is 0 Å². The lowest BCUT2D eigenvalue weighted by Crippen LogP contribution is -2.28. The molecule has 1 aliphatic heterocycles. The summed E-state index contributed by atoms with van der Waals surface area (Å²) < 4.78 is 27.8. The number of sulfonamides is 1. The van der Waals surface area contributed by atoms with E-state index in [1.54, 1.807) is 6.07 Å². The Balaban J connectivity index is 2.21. The van der Waals surface area contributed by atoms with Gasteiger partial charge in [0.25, 0.3) is 0 Å². The van der Waals surface area contributed by atoms with E-state index in [0.717, 1.165) is 12.8 Å². The first-order chi connectivity index (χ1) is 8.47. The molecule has 0 aliphatic carbocycles. The summed E-state index contributed by atoms with van der Waals surface area (Å²) in [5.74, 6) is 0. The van der Waals surface area contributed by atoms with Crippen LogP contribution in [-0.4, -0.2) is 27.7 Å². The Hall–Kier alpha value is -1.31. The minimum Gasteiger partial charge on any atom is -0.397 e. The number of anilines is 2. The summed E-state index contributed by atoms with van der Waals surface area (Å²) in [6, 6.07) is 4.67. The summed E-state index contributed by atoms with van der Waals surface area (Å²) >= 11 is 0. The summed E-state index contributed by atoms with van der Waals surface area (Å²) in [4.78, 5) is 0.0614. The summed E-state index contributed by atoms with van der Waals surface area (Å²) in [6.45, 7) is 1.40. The highest BCUT2D eigenvalue weighted by atomic mass is 32.2. The molecule has 1 heterocycles. The Morgan fingerprint density at radius 1 is 1.28 bits per heavy atom. The zero-order valence-corrected chi connectivity index (χ0v) is 10.7. The SMILES string of the molecule is Nc1ccc(S(N)(=O)=O)cc1NC1CCOCC1. The molecule has 0 bridgehead atoms. The number of hydrogen-bond donors (Lipinski definition) is 3. The van der Waals surface area contributed by atoms with Gasteiger partial charge in [-0.05, 0) is 31.0 Å². The van der Waals surface area contributed by atoms with E-state index in [-0.39, 0.29) is 10.9 Å². The fourth-order valence-electron chi connectivity index (χ4n) is 1.90. The molecule has 0 saturated carbocycles. The van der Waals surface area contributed by atoms with Crippen LogP contribution in [0.25, 0.3) is 0 Å². The maximum Gasteiger partial charge on any atom is 0.238 e. The minimum absolute atomic E-state index is 0.0614. The second-order valence-corrected chi connectivity index (χ2v) is 5.89. The number of ether oxygens (including phenoxy) is 1. The van der Waals surface area contributed by atoms with Gasteiger partial charge >= 0.3 is 0 Å². The standard InChI is InChI=1S/C11H17N3O3S/c12-10-2-1-9(18(13,15)16)7-11(10)14-8-3-5-17-6-4-8/h1-2,7-8,14H,3-6,12H2,(H2,13,15,16). The second-order valence-electron chi connectivity index (χ2n) is 4.33. The first-order valence-electron chi connectivity index (χ1n) is 5.73. The highest BCUT2D eigenvalue weighted by Crippen LogP contribution is 2.24. The van der Waals surface area contributed by atoms with Crippen LogP contribution in [0.1, 0.15) is 12.8 Å². The van der Waals surface area contributed by atoms with Gasteiger partial charge in [-0.3, -0.25) is 0 Å². The third kappa shape index (κ3) is 3.12. The lowest BCUT2D eigenvalue weighted by atomic mass is 10.1. The molecule has 1 saturated heterocycles. The van der Waals surface area contributed by atoms with Crippen molar-refractivity contribution < 1.29 is 13.2 Å². The molecule has 0 radical (unpaired) electrons. The molecule has 7 heteroatoms. The monoisotopic (exact) mass is 271 g/mol. The minimum atomic E-state index is -3.70. The van der Waals surface area contributed by atoms with Crippen molar-refractivity contribution in [2.24, 2.45) is 5.14 Å². The van der Waals surface area contributed by atoms with Crippen molar-refractivity contribution in [1.29, 1.82) is 0 Å². The number of rotatable bonds is 3. The lowest BCUT2D eigenvalue weighted by Gasteiger charge is -2.25. The average molecular weight is 271 g/mol. The Morgan fingerprint density at radius 2 is 1.94 bits per heavy atom. The molecule has 0 unspecified atom stereocenters. The van der Waals surface area contributed by atoms with Crippen molar-refractivity contribution >= 4 is 21.4 Å². The van der Waals surface area contributed by atoms with Crippen LogP contribution in [0.15, 0.2) is 23.1 Å².